The number of fused-ring (bicyclic) bond motifs is 2. The number of aliphatic carboxylic acids is 1. The zero-order valence-electron chi connectivity index (χ0n) is 12.7. The number of allylic oxidation sites excluding steroid dienone is 2. The van der Waals surface area contributed by atoms with E-state index in [1.807, 2.05) is 55.4 Å². The highest BCUT2D eigenvalue weighted by Gasteiger charge is 2.51. The lowest BCUT2D eigenvalue weighted by molar-refractivity contribution is -0.146. The van der Waals surface area contributed by atoms with E-state index < -0.39 is 17.8 Å². The standard InChI is InChI=1S/C17H20N2O3/c1-19(2)13-5-3-4-12(9-13)18-16(20)14-10-6-7-11(8-10)15(14)17(21)22/h3-7,9-11,14-15H,8H2,1-2H3,(H,18,20)(H,21,22). The molecule has 5 heteroatoms. The molecule has 2 aliphatic rings. The molecule has 0 heterocycles. The third-order valence-electron chi connectivity index (χ3n) is 4.68. The topological polar surface area (TPSA) is 69.6 Å². The van der Waals surface area contributed by atoms with Crippen molar-refractivity contribution in [3.8, 4) is 0 Å². The van der Waals surface area contributed by atoms with Gasteiger partial charge in [0.25, 0.3) is 0 Å². The van der Waals surface area contributed by atoms with Crippen LogP contribution in [0, 0.1) is 23.7 Å². The molecule has 0 saturated heterocycles. The van der Waals surface area contributed by atoms with Crippen LogP contribution >= 0.6 is 0 Å². The van der Waals surface area contributed by atoms with E-state index in [1.165, 1.54) is 0 Å². The maximum atomic E-state index is 12.6. The Kier molecular flexibility index (Phi) is 3.64. The Hall–Kier alpha value is -2.30. The van der Waals surface area contributed by atoms with Crippen LogP contribution < -0.4 is 10.2 Å². The van der Waals surface area contributed by atoms with Crippen LogP contribution in [0.3, 0.4) is 0 Å². The molecule has 3 rings (SSSR count). The van der Waals surface area contributed by atoms with Crippen LogP contribution in [0.1, 0.15) is 6.42 Å². The fourth-order valence-electron chi connectivity index (χ4n) is 3.60. The smallest absolute Gasteiger partial charge is 0.307 e. The minimum absolute atomic E-state index is 0.00800. The van der Waals surface area contributed by atoms with Gasteiger partial charge in [0.15, 0.2) is 0 Å². The van der Waals surface area contributed by atoms with Crippen molar-refractivity contribution in [2.75, 3.05) is 24.3 Å². The van der Waals surface area contributed by atoms with Crippen LogP contribution in [0.25, 0.3) is 0 Å². The molecule has 1 fully saturated rings. The second-order valence-corrected chi connectivity index (χ2v) is 6.27. The molecule has 22 heavy (non-hydrogen) atoms. The summed E-state index contributed by atoms with van der Waals surface area (Å²) >= 11 is 0. The number of carboxylic acid groups (broad SMARTS) is 1. The fourth-order valence-corrected chi connectivity index (χ4v) is 3.60. The molecule has 0 aliphatic heterocycles. The zero-order valence-corrected chi connectivity index (χ0v) is 12.7. The van der Waals surface area contributed by atoms with E-state index in [0.29, 0.717) is 5.69 Å². The summed E-state index contributed by atoms with van der Waals surface area (Å²) in [6, 6.07) is 7.54. The Bertz CT molecular complexity index is 639. The number of carbonyl (C=O) groups excluding carboxylic acids is 1. The van der Waals surface area contributed by atoms with Crippen molar-refractivity contribution in [3.05, 3.63) is 36.4 Å². The molecular formula is C17H20N2O3. The number of anilines is 2. The van der Waals surface area contributed by atoms with Gasteiger partial charge in [0, 0.05) is 25.5 Å². The highest BCUT2D eigenvalue weighted by atomic mass is 16.4. The molecule has 2 aliphatic carbocycles. The van der Waals surface area contributed by atoms with E-state index in [1.54, 1.807) is 0 Å². The number of carboxylic acids is 1. The number of nitrogens with zero attached hydrogens (tertiary/aromatic N) is 1. The van der Waals surface area contributed by atoms with Crippen molar-refractivity contribution in [1.29, 1.82) is 0 Å². The molecule has 4 atom stereocenters. The predicted molar refractivity (Wildman–Crippen MR) is 84.8 cm³/mol. The average Bonchev–Trinajstić information content (AvgIpc) is 3.07. The Labute approximate surface area is 129 Å². The maximum Gasteiger partial charge on any atom is 0.307 e. The van der Waals surface area contributed by atoms with Crippen LogP contribution in [0.5, 0.6) is 0 Å². The van der Waals surface area contributed by atoms with Gasteiger partial charge in [-0.2, -0.15) is 0 Å². The summed E-state index contributed by atoms with van der Waals surface area (Å²) in [4.78, 5) is 26.0. The molecule has 116 valence electrons. The number of nitrogens with one attached hydrogen (secondary N) is 1. The molecular weight excluding hydrogens is 280 g/mol. The highest BCUT2D eigenvalue weighted by Crippen LogP contribution is 2.48. The van der Waals surface area contributed by atoms with Gasteiger partial charge in [0.2, 0.25) is 5.91 Å². The first-order valence-electron chi connectivity index (χ1n) is 7.47. The van der Waals surface area contributed by atoms with Crippen LogP contribution in [-0.4, -0.2) is 31.1 Å². The number of hydrogen-bond donors (Lipinski definition) is 2. The number of hydrogen-bond acceptors (Lipinski definition) is 3. The summed E-state index contributed by atoms with van der Waals surface area (Å²) in [7, 11) is 3.87. The average molecular weight is 300 g/mol. The maximum absolute atomic E-state index is 12.6. The van der Waals surface area contributed by atoms with E-state index in [4.69, 9.17) is 0 Å². The summed E-state index contributed by atoms with van der Waals surface area (Å²) in [6.45, 7) is 0. The van der Waals surface area contributed by atoms with Gasteiger partial charge in [0.05, 0.1) is 11.8 Å². The third kappa shape index (κ3) is 2.47. The first kappa shape index (κ1) is 14.6. The largest absolute Gasteiger partial charge is 0.481 e. The van der Waals surface area contributed by atoms with Crippen LogP contribution in [-0.2, 0) is 9.59 Å². The van der Waals surface area contributed by atoms with Gasteiger partial charge in [-0.15, -0.1) is 0 Å². The first-order valence-corrected chi connectivity index (χ1v) is 7.47. The predicted octanol–water partition coefficient (Wildman–Crippen LogP) is 2.21. The Morgan fingerprint density at radius 2 is 1.86 bits per heavy atom. The van der Waals surface area contributed by atoms with Crippen LogP contribution in [0.15, 0.2) is 36.4 Å². The fraction of sp³-hybridized carbons (Fsp3) is 0.412. The lowest BCUT2D eigenvalue weighted by Gasteiger charge is -2.24. The minimum atomic E-state index is -0.876. The van der Waals surface area contributed by atoms with Crippen molar-refractivity contribution in [2.24, 2.45) is 23.7 Å². The van der Waals surface area contributed by atoms with Gasteiger partial charge < -0.3 is 15.3 Å². The molecule has 0 spiro atoms. The monoisotopic (exact) mass is 300 g/mol. The van der Waals surface area contributed by atoms with Crippen molar-refractivity contribution in [3.63, 3.8) is 0 Å². The molecule has 4 unspecified atom stereocenters. The highest BCUT2D eigenvalue weighted by molar-refractivity contribution is 5.96. The zero-order chi connectivity index (χ0) is 15.9. The number of rotatable bonds is 4. The van der Waals surface area contributed by atoms with Crippen LogP contribution in [0.2, 0.25) is 0 Å². The molecule has 0 aromatic heterocycles. The Balaban J connectivity index is 1.78. The normalized spacial score (nSPS) is 28.6. The summed E-state index contributed by atoms with van der Waals surface area (Å²) in [5.41, 5.74) is 1.69. The minimum Gasteiger partial charge on any atom is -0.481 e. The van der Waals surface area contributed by atoms with E-state index in [-0.39, 0.29) is 17.7 Å². The van der Waals surface area contributed by atoms with Gasteiger partial charge in [-0.25, -0.2) is 0 Å². The van der Waals surface area contributed by atoms with Gasteiger partial charge in [-0.3, -0.25) is 9.59 Å². The van der Waals surface area contributed by atoms with Gasteiger partial charge in [-0.1, -0.05) is 18.2 Å². The van der Waals surface area contributed by atoms with Crippen molar-refractivity contribution in [2.45, 2.75) is 6.42 Å². The quantitative estimate of drug-likeness (QED) is 0.837. The molecule has 2 N–H and O–H groups in total. The Morgan fingerprint density at radius 3 is 2.50 bits per heavy atom. The van der Waals surface area contributed by atoms with E-state index in [2.05, 4.69) is 5.32 Å². The summed E-state index contributed by atoms with van der Waals surface area (Å²) in [6.07, 6.45) is 4.71. The van der Waals surface area contributed by atoms with Crippen LogP contribution in [0.4, 0.5) is 11.4 Å². The summed E-state index contributed by atoms with van der Waals surface area (Å²) in [5, 5.41) is 12.3. The molecule has 1 saturated carbocycles. The second kappa shape index (κ2) is 5.48. The van der Waals surface area contributed by atoms with E-state index >= 15 is 0 Å². The molecule has 1 aromatic carbocycles. The molecule has 2 bridgehead atoms. The number of amides is 1. The molecule has 1 amide bonds. The molecule has 1 aromatic rings. The van der Waals surface area contributed by atoms with E-state index in [9.17, 15) is 14.7 Å². The molecule has 5 nitrogen and oxygen atoms in total. The SMILES string of the molecule is CN(C)c1cccc(NC(=O)C2C3C=CC(C3)C2C(=O)O)c1. The Morgan fingerprint density at radius 1 is 1.18 bits per heavy atom. The van der Waals surface area contributed by atoms with Crippen molar-refractivity contribution < 1.29 is 14.7 Å². The lowest BCUT2D eigenvalue weighted by Crippen LogP contribution is -2.36. The van der Waals surface area contributed by atoms with Gasteiger partial charge >= 0.3 is 5.97 Å². The van der Waals surface area contributed by atoms with Gasteiger partial charge in [0.1, 0.15) is 0 Å². The van der Waals surface area contributed by atoms with Crippen molar-refractivity contribution >= 4 is 23.3 Å². The summed E-state index contributed by atoms with van der Waals surface area (Å²) < 4.78 is 0. The summed E-state index contributed by atoms with van der Waals surface area (Å²) in [5.74, 6) is -2.11. The third-order valence-corrected chi connectivity index (χ3v) is 4.68. The number of benzene rings is 1. The second-order valence-electron chi connectivity index (χ2n) is 6.27. The van der Waals surface area contributed by atoms with E-state index in [0.717, 1.165) is 12.1 Å². The lowest BCUT2D eigenvalue weighted by atomic mass is 9.82. The van der Waals surface area contributed by atoms with Crippen molar-refractivity contribution in [1.82, 2.24) is 0 Å². The van der Waals surface area contributed by atoms with Gasteiger partial charge in [-0.05, 0) is 36.5 Å². The number of carbonyl (C=O) groups is 2. The first-order chi connectivity index (χ1) is 10.5. The molecule has 0 radical (unpaired) electrons.